The summed E-state index contributed by atoms with van der Waals surface area (Å²) in [5.74, 6) is 0.155. The van der Waals surface area contributed by atoms with Gasteiger partial charge in [-0.15, -0.1) is 11.3 Å². The lowest BCUT2D eigenvalue weighted by atomic mass is 10.2. The number of carbonyl (C=O) groups excluding carboxylic acids is 1. The predicted molar refractivity (Wildman–Crippen MR) is 66.1 cm³/mol. The van der Waals surface area contributed by atoms with E-state index in [9.17, 15) is 4.79 Å². The van der Waals surface area contributed by atoms with E-state index in [1.54, 1.807) is 6.07 Å². The van der Waals surface area contributed by atoms with Gasteiger partial charge in [-0.1, -0.05) is 25.4 Å². The van der Waals surface area contributed by atoms with Gasteiger partial charge in [0.1, 0.15) is 0 Å². The van der Waals surface area contributed by atoms with Gasteiger partial charge < -0.3 is 4.90 Å². The maximum atomic E-state index is 11.8. The Labute approximate surface area is 99.9 Å². The smallest absolute Gasteiger partial charge is 0.175 e. The summed E-state index contributed by atoms with van der Waals surface area (Å²) in [5.41, 5.74) is 0. The summed E-state index contributed by atoms with van der Waals surface area (Å²) >= 11 is 7.32. The molecule has 0 fully saturated rings. The molecule has 0 radical (unpaired) electrons. The van der Waals surface area contributed by atoms with E-state index in [2.05, 4.69) is 18.7 Å². The Hall–Kier alpha value is -0.380. The molecule has 2 nitrogen and oxygen atoms in total. The number of hydrogen-bond acceptors (Lipinski definition) is 3. The maximum Gasteiger partial charge on any atom is 0.175 e. The topological polar surface area (TPSA) is 20.3 Å². The number of carbonyl (C=O) groups is 1. The molecule has 4 heteroatoms. The number of ketones is 1. The van der Waals surface area contributed by atoms with E-state index < -0.39 is 0 Å². The van der Waals surface area contributed by atoms with E-state index in [0.29, 0.717) is 16.3 Å². The zero-order valence-electron chi connectivity index (χ0n) is 9.12. The summed E-state index contributed by atoms with van der Waals surface area (Å²) in [6, 6.07) is 1.77. The van der Waals surface area contributed by atoms with Crippen molar-refractivity contribution in [3.05, 3.63) is 21.3 Å². The van der Waals surface area contributed by atoms with Gasteiger partial charge in [0.25, 0.3) is 0 Å². The maximum absolute atomic E-state index is 11.8. The highest BCUT2D eigenvalue weighted by molar-refractivity contribution is 7.12. The number of thiophene rings is 1. The van der Waals surface area contributed by atoms with Gasteiger partial charge in [-0.3, -0.25) is 4.79 Å². The first-order valence-electron chi connectivity index (χ1n) is 5.17. The van der Waals surface area contributed by atoms with Crippen molar-refractivity contribution in [2.45, 2.75) is 20.3 Å². The predicted octanol–water partition coefficient (Wildman–Crippen LogP) is 3.32. The number of rotatable bonds is 6. The lowest BCUT2D eigenvalue weighted by molar-refractivity contribution is 0.0970. The van der Waals surface area contributed by atoms with Crippen LogP contribution < -0.4 is 0 Å². The van der Waals surface area contributed by atoms with E-state index in [1.807, 2.05) is 5.38 Å². The summed E-state index contributed by atoms with van der Waals surface area (Å²) in [7, 11) is 0. The van der Waals surface area contributed by atoms with Crippen LogP contribution in [-0.4, -0.2) is 30.3 Å². The minimum atomic E-state index is 0.155. The molecule has 0 amide bonds. The van der Waals surface area contributed by atoms with Gasteiger partial charge in [0, 0.05) is 13.0 Å². The lowest BCUT2D eigenvalue weighted by Crippen LogP contribution is -2.25. The van der Waals surface area contributed by atoms with E-state index in [1.165, 1.54) is 11.3 Å². The molecule has 84 valence electrons. The second kappa shape index (κ2) is 6.26. The summed E-state index contributed by atoms with van der Waals surface area (Å²) < 4.78 is 0. The van der Waals surface area contributed by atoms with Crippen molar-refractivity contribution in [2.24, 2.45) is 0 Å². The van der Waals surface area contributed by atoms with Crippen molar-refractivity contribution < 1.29 is 4.79 Å². The number of Topliss-reactive ketones (excluding diaryl/α,β-unsaturated/α-hetero) is 1. The largest absolute Gasteiger partial charge is 0.303 e. The Morgan fingerprint density at radius 1 is 1.47 bits per heavy atom. The Morgan fingerprint density at radius 2 is 2.13 bits per heavy atom. The number of nitrogens with zero attached hydrogens (tertiary/aromatic N) is 1. The van der Waals surface area contributed by atoms with Crippen molar-refractivity contribution in [1.82, 2.24) is 4.90 Å². The molecule has 1 aromatic rings. The average molecular weight is 246 g/mol. The van der Waals surface area contributed by atoms with Crippen LogP contribution in [0, 0.1) is 0 Å². The zero-order valence-corrected chi connectivity index (χ0v) is 10.7. The third kappa shape index (κ3) is 3.59. The second-order valence-electron chi connectivity index (χ2n) is 3.30. The first-order chi connectivity index (χ1) is 7.19. The van der Waals surface area contributed by atoms with Crippen molar-refractivity contribution in [1.29, 1.82) is 0 Å². The fourth-order valence-electron chi connectivity index (χ4n) is 1.41. The first kappa shape index (κ1) is 12.7. The Morgan fingerprint density at radius 3 is 2.60 bits per heavy atom. The zero-order chi connectivity index (χ0) is 11.3. The normalized spacial score (nSPS) is 10.9. The molecule has 0 aliphatic carbocycles. The summed E-state index contributed by atoms with van der Waals surface area (Å²) in [4.78, 5) is 14.7. The molecule has 0 aliphatic heterocycles. The first-order valence-corrected chi connectivity index (χ1v) is 6.43. The monoisotopic (exact) mass is 245 g/mol. The van der Waals surface area contributed by atoms with Crippen LogP contribution in [0.2, 0.25) is 5.02 Å². The van der Waals surface area contributed by atoms with Crippen LogP contribution in [0.5, 0.6) is 0 Å². The van der Waals surface area contributed by atoms with Crippen molar-refractivity contribution in [3.8, 4) is 0 Å². The van der Waals surface area contributed by atoms with E-state index in [4.69, 9.17) is 11.6 Å². The molecule has 0 saturated heterocycles. The minimum Gasteiger partial charge on any atom is -0.303 e. The van der Waals surface area contributed by atoms with Gasteiger partial charge in [-0.25, -0.2) is 0 Å². The Balaban J connectivity index is 2.47. The highest BCUT2D eigenvalue weighted by Gasteiger charge is 2.12. The van der Waals surface area contributed by atoms with E-state index in [-0.39, 0.29) is 5.78 Å². The summed E-state index contributed by atoms with van der Waals surface area (Å²) in [5, 5.41) is 2.44. The van der Waals surface area contributed by atoms with Gasteiger partial charge in [0.15, 0.2) is 5.78 Å². The summed E-state index contributed by atoms with van der Waals surface area (Å²) in [6.45, 7) is 7.00. The highest BCUT2D eigenvalue weighted by atomic mass is 35.5. The van der Waals surface area contributed by atoms with Gasteiger partial charge in [-0.05, 0) is 24.5 Å². The fraction of sp³-hybridized carbons (Fsp3) is 0.545. The van der Waals surface area contributed by atoms with Crippen molar-refractivity contribution in [3.63, 3.8) is 0 Å². The molecule has 0 aliphatic rings. The third-order valence-electron chi connectivity index (χ3n) is 2.42. The van der Waals surface area contributed by atoms with E-state index >= 15 is 0 Å². The van der Waals surface area contributed by atoms with Crippen LogP contribution in [0.3, 0.4) is 0 Å². The van der Waals surface area contributed by atoms with Gasteiger partial charge in [-0.2, -0.15) is 0 Å². The van der Waals surface area contributed by atoms with Gasteiger partial charge in [0.05, 0.1) is 9.90 Å². The molecule has 0 aromatic carbocycles. The highest BCUT2D eigenvalue weighted by Crippen LogP contribution is 2.23. The van der Waals surface area contributed by atoms with Crippen molar-refractivity contribution in [2.75, 3.05) is 19.6 Å². The molecule has 0 spiro atoms. The van der Waals surface area contributed by atoms with Crippen molar-refractivity contribution >= 4 is 28.7 Å². The molecular formula is C11H16ClNOS. The minimum absolute atomic E-state index is 0.155. The SMILES string of the molecule is CCN(CC)CCC(=O)c1sccc1Cl. The molecule has 0 saturated carbocycles. The molecule has 1 aromatic heterocycles. The Kier molecular flexibility index (Phi) is 5.29. The second-order valence-corrected chi connectivity index (χ2v) is 4.62. The molecule has 1 rings (SSSR count). The van der Waals surface area contributed by atoms with Gasteiger partial charge >= 0.3 is 0 Å². The van der Waals surface area contributed by atoms with E-state index in [0.717, 1.165) is 19.6 Å². The molecular weight excluding hydrogens is 230 g/mol. The third-order valence-corrected chi connectivity index (χ3v) is 3.80. The Bertz CT molecular complexity index is 320. The molecule has 0 atom stereocenters. The molecule has 0 unspecified atom stereocenters. The standard InChI is InChI=1S/C11H16ClNOS/c1-3-13(4-2)7-5-10(14)11-9(12)6-8-15-11/h6,8H,3-5,7H2,1-2H3. The van der Waals surface area contributed by atoms with Crippen LogP contribution in [0.1, 0.15) is 29.9 Å². The number of hydrogen-bond donors (Lipinski definition) is 0. The molecule has 0 N–H and O–H groups in total. The lowest BCUT2D eigenvalue weighted by Gasteiger charge is -2.16. The quantitative estimate of drug-likeness (QED) is 0.717. The molecule has 1 heterocycles. The fourth-order valence-corrected chi connectivity index (χ4v) is 2.54. The molecule has 15 heavy (non-hydrogen) atoms. The van der Waals surface area contributed by atoms with Crippen LogP contribution in [0.25, 0.3) is 0 Å². The van der Waals surface area contributed by atoms with Crippen LogP contribution in [-0.2, 0) is 0 Å². The van der Waals surface area contributed by atoms with Crippen LogP contribution >= 0.6 is 22.9 Å². The van der Waals surface area contributed by atoms with Crippen LogP contribution in [0.15, 0.2) is 11.4 Å². The average Bonchev–Trinajstić information content (AvgIpc) is 2.66. The van der Waals surface area contributed by atoms with Gasteiger partial charge in [0.2, 0.25) is 0 Å². The number of halogens is 1. The molecule has 0 bridgehead atoms. The summed E-state index contributed by atoms with van der Waals surface area (Å²) in [6.07, 6.45) is 0.557. The van der Waals surface area contributed by atoms with Crippen LogP contribution in [0.4, 0.5) is 0 Å².